The first-order valence-corrected chi connectivity index (χ1v) is 8.93. The quantitative estimate of drug-likeness (QED) is 0.610. The molecule has 148 valence electrons. The Balaban J connectivity index is 1.93. The number of hydrogen-bond acceptors (Lipinski definition) is 2. The minimum atomic E-state index is -4.44. The molecule has 28 heavy (non-hydrogen) atoms. The van der Waals surface area contributed by atoms with Crippen molar-refractivity contribution in [2.75, 3.05) is 11.9 Å². The lowest BCUT2D eigenvalue weighted by Crippen LogP contribution is -2.47. The zero-order valence-electron chi connectivity index (χ0n) is 14.8. The molecule has 3 amide bonds. The number of hydrogen-bond donors (Lipinski definition) is 0. The molecule has 1 atom stereocenters. The Morgan fingerprint density at radius 3 is 2.04 bits per heavy atom. The number of rotatable bonds is 3. The van der Waals surface area contributed by atoms with Gasteiger partial charge in [0.05, 0.1) is 11.3 Å². The molecule has 1 aliphatic rings. The topological polar surface area (TPSA) is 40.6 Å². The van der Waals surface area contributed by atoms with Gasteiger partial charge in [-0.1, -0.05) is 35.3 Å². The van der Waals surface area contributed by atoms with E-state index in [4.69, 9.17) is 23.2 Å². The number of nitrogens with zero attached hydrogens (tertiary/aromatic N) is 2. The highest BCUT2D eigenvalue weighted by Gasteiger charge is 2.53. The Kier molecular flexibility index (Phi) is 5.10. The number of benzene rings is 2. The maximum Gasteiger partial charge on any atom is 0.416 e. The number of anilines is 1. The number of likely N-dealkylation sites (N-methyl/N-ethyl adjacent to an activating group) is 1. The van der Waals surface area contributed by atoms with Crippen LogP contribution in [-0.2, 0) is 17.4 Å². The van der Waals surface area contributed by atoms with E-state index in [2.05, 4.69) is 0 Å². The van der Waals surface area contributed by atoms with Gasteiger partial charge >= 0.3 is 12.2 Å². The van der Waals surface area contributed by atoms with Gasteiger partial charge in [0, 0.05) is 23.5 Å². The minimum Gasteiger partial charge on any atom is -0.312 e. The van der Waals surface area contributed by atoms with Crippen LogP contribution in [0.15, 0.2) is 42.5 Å². The largest absolute Gasteiger partial charge is 0.416 e. The lowest BCUT2D eigenvalue weighted by molar-refractivity contribution is -0.137. The van der Waals surface area contributed by atoms with Crippen LogP contribution in [0.2, 0.25) is 10.0 Å². The van der Waals surface area contributed by atoms with Crippen molar-refractivity contribution < 1.29 is 22.8 Å². The molecular weight excluding hydrogens is 416 g/mol. The van der Waals surface area contributed by atoms with Gasteiger partial charge in [-0.3, -0.25) is 4.79 Å². The van der Waals surface area contributed by atoms with Crippen LogP contribution in [0.25, 0.3) is 0 Å². The smallest absolute Gasteiger partial charge is 0.312 e. The van der Waals surface area contributed by atoms with E-state index >= 15 is 0 Å². The van der Waals surface area contributed by atoms with Crippen LogP contribution in [-0.4, -0.2) is 29.4 Å². The van der Waals surface area contributed by atoms with Crippen LogP contribution in [0.3, 0.4) is 0 Å². The highest BCUT2D eigenvalue weighted by Crippen LogP contribution is 2.36. The molecule has 2 aromatic rings. The molecule has 1 aliphatic heterocycles. The predicted octanol–water partition coefficient (Wildman–Crippen LogP) is 5.41. The van der Waals surface area contributed by atoms with Crippen molar-refractivity contribution in [3.63, 3.8) is 0 Å². The molecule has 0 aliphatic carbocycles. The van der Waals surface area contributed by atoms with Gasteiger partial charge < -0.3 is 4.90 Å². The fourth-order valence-corrected chi connectivity index (χ4v) is 3.65. The second kappa shape index (κ2) is 6.97. The van der Waals surface area contributed by atoms with Crippen LogP contribution < -0.4 is 4.90 Å². The van der Waals surface area contributed by atoms with Gasteiger partial charge in [0.25, 0.3) is 5.91 Å². The molecule has 4 nitrogen and oxygen atoms in total. The van der Waals surface area contributed by atoms with Crippen molar-refractivity contribution in [3.05, 3.63) is 63.6 Å². The third-order valence-corrected chi connectivity index (χ3v) is 5.25. The fourth-order valence-electron chi connectivity index (χ4n) is 3.13. The molecule has 9 heteroatoms. The van der Waals surface area contributed by atoms with Gasteiger partial charge in [-0.25, -0.2) is 9.69 Å². The Labute approximate surface area is 169 Å². The first-order valence-electron chi connectivity index (χ1n) is 8.18. The van der Waals surface area contributed by atoms with Crippen molar-refractivity contribution in [2.45, 2.75) is 25.1 Å². The molecule has 1 heterocycles. The summed E-state index contributed by atoms with van der Waals surface area (Å²) in [6, 6.07) is 8.31. The van der Waals surface area contributed by atoms with Gasteiger partial charge in [-0.15, -0.1) is 0 Å². The van der Waals surface area contributed by atoms with Gasteiger partial charge in [0.1, 0.15) is 5.54 Å². The summed E-state index contributed by atoms with van der Waals surface area (Å²) in [4.78, 5) is 28.1. The van der Waals surface area contributed by atoms with Crippen molar-refractivity contribution in [1.29, 1.82) is 0 Å². The molecule has 0 spiro atoms. The molecule has 0 radical (unpaired) electrons. The molecule has 3 rings (SSSR count). The number of alkyl halides is 3. The summed E-state index contributed by atoms with van der Waals surface area (Å²) in [5.41, 5.74) is -1.32. The predicted molar refractivity (Wildman–Crippen MR) is 101 cm³/mol. The lowest BCUT2D eigenvalue weighted by atomic mass is 9.91. The Morgan fingerprint density at radius 2 is 1.54 bits per heavy atom. The average molecular weight is 431 g/mol. The van der Waals surface area contributed by atoms with Gasteiger partial charge in [0.2, 0.25) is 0 Å². The first kappa shape index (κ1) is 20.5. The van der Waals surface area contributed by atoms with E-state index in [1.807, 2.05) is 0 Å². The summed E-state index contributed by atoms with van der Waals surface area (Å²) in [6.45, 7) is 1.57. The molecule has 0 saturated carbocycles. The van der Waals surface area contributed by atoms with E-state index in [1.54, 1.807) is 6.92 Å². The number of urea groups is 1. The summed E-state index contributed by atoms with van der Waals surface area (Å²) in [7, 11) is 1.47. The number of imide groups is 1. The molecule has 0 N–H and O–H groups in total. The van der Waals surface area contributed by atoms with Gasteiger partial charge in [-0.05, 0) is 42.8 Å². The second-order valence-corrected chi connectivity index (χ2v) is 7.63. The number of halogens is 5. The van der Waals surface area contributed by atoms with E-state index in [9.17, 15) is 22.8 Å². The molecule has 1 fully saturated rings. The Hall–Kier alpha value is -2.25. The third-order valence-electron chi connectivity index (χ3n) is 4.82. The summed E-state index contributed by atoms with van der Waals surface area (Å²) in [6.07, 6.45) is -4.39. The minimum absolute atomic E-state index is 0.0526. The van der Waals surface area contributed by atoms with Crippen LogP contribution in [0.4, 0.5) is 23.7 Å². The maximum atomic E-state index is 13.1. The van der Waals surface area contributed by atoms with Crippen LogP contribution in [0, 0.1) is 0 Å². The Morgan fingerprint density at radius 1 is 1.00 bits per heavy atom. The van der Waals surface area contributed by atoms with Crippen molar-refractivity contribution in [3.8, 4) is 0 Å². The van der Waals surface area contributed by atoms with E-state index in [-0.39, 0.29) is 22.2 Å². The monoisotopic (exact) mass is 430 g/mol. The van der Waals surface area contributed by atoms with Crippen molar-refractivity contribution >= 4 is 40.8 Å². The van der Waals surface area contributed by atoms with Crippen molar-refractivity contribution in [2.24, 2.45) is 0 Å². The number of carbonyl (C=O) groups excluding carboxylic acids is 2. The highest BCUT2D eigenvalue weighted by atomic mass is 35.5. The standard InChI is InChI=1S/C19H15Cl2F3N2O2/c1-18(10-11-3-5-12(6-4-11)19(22,23)24)16(27)26(17(28)25(18)2)15-8-13(20)7-14(21)9-15/h3-9H,10H2,1-2H3. The zero-order chi connectivity index (χ0) is 20.9. The average Bonchev–Trinajstić information content (AvgIpc) is 2.74. The fraction of sp³-hybridized carbons (Fsp3) is 0.263. The SMILES string of the molecule is CN1C(=O)N(c2cc(Cl)cc(Cl)c2)C(=O)C1(C)Cc1ccc(C(F)(F)F)cc1. The molecule has 1 unspecified atom stereocenters. The molecule has 1 saturated heterocycles. The zero-order valence-corrected chi connectivity index (χ0v) is 16.4. The van der Waals surface area contributed by atoms with E-state index in [1.165, 1.54) is 42.3 Å². The summed E-state index contributed by atoms with van der Waals surface area (Å²) in [5, 5.41) is 0.532. The maximum absolute atomic E-state index is 13.1. The molecule has 0 bridgehead atoms. The van der Waals surface area contributed by atoms with Crippen LogP contribution in [0.1, 0.15) is 18.1 Å². The van der Waals surface area contributed by atoms with Crippen LogP contribution >= 0.6 is 23.2 Å². The molecule has 2 aromatic carbocycles. The molecular formula is C19H15Cl2F3N2O2. The summed E-state index contributed by atoms with van der Waals surface area (Å²) < 4.78 is 38.2. The lowest BCUT2D eigenvalue weighted by Gasteiger charge is -2.28. The summed E-state index contributed by atoms with van der Waals surface area (Å²) in [5.74, 6) is -0.516. The third kappa shape index (κ3) is 3.56. The van der Waals surface area contributed by atoms with Gasteiger partial charge in [-0.2, -0.15) is 13.2 Å². The highest BCUT2D eigenvalue weighted by molar-refractivity contribution is 6.35. The van der Waals surface area contributed by atoms with Crippen molar-refractivity contribution in [1.82, 2.24) is 4.90 Å². The normalized spacial score (nSPS) is 20.2. The molecule has 0 aromatic heterocycles. The number of amides is 3. The first-order chi connectivity index (χ1) is 12.9. The Bertz CT molecular complexity index is 927. The second-order valence-electron chi connectivity index (χ2n) is 6.76. The summed E-state index contributed by atoms with van der Waals surface area (Å²) >= 11 is 11.9. The van der Waals surface area contributed by atoms with Crippen LogP contribution in [0.5, 0.6) is 0 Å². The van der Waals surface area contributed by atoms with Gasteiger partial charge in [0.15, 0.2) is 0 Å². The van der Waals surface area contributed by atoms with E-state index in [0.717, 1.165) is 17.0 Å². The van der Waals surface area contributed by atoms with E-state index in [0.29, 0.717) is 5.56 Å². The van der Waals surface area contributed by atoms with E-state index < -0.39 is 29.2 Å². The number of carbonyl (C=O) groups is 2.